The molecule has 0 N–H and O–H groups in total. The fourth-order valence-electron chi connectivity index (χ4n) is 0.737. The summed E-state index contributed by atoms with van der Waals surface area (Å²) in [6, 6.07) is 1.43. The van der Waals surface area contributed by atoms with Crippen molar-refractivity contribution in [3.8, 4) is 0 Å². The molecular formula is C7H5Br2F2N. The van der Waals surface area contributed by atoms with Crippen LogP contribution in [-0.4, -0.2) is 4.98 Å². The number of hydrogen-bond donors (Lipinski definition) is 0. The number of nitrogens with zero attached hydrogens (tertiary/aromatic N) is 1. The van der Waals surface area contributed by atoms with Crippen LogP contribution in [-0.2, 0) is 5.33 Å². The molecule has 0 bridgehead atoms. The van der Waals surface area contributed by atoms with Crippen molar-refractivity contribution in [1.29, 1.82) is 0 Å². The third kappa shape index (κ3) is 2.23. The van der Waals surface area contributed by atoms with Gasteiger partial charge in [-0.05, 0) is 27.6 Å². The molecule has 1 aromatic heterocycles. The lowest BCUT2D eigenvalue weighted by Gasteiger charge is -2.03. The van der Waals surface area contributed by atoms with Gasteiger partial charge < -0.3 is 0 Å². The fourth-order valence-corrected chi connectivity index (χ4v) is 1.43. The lowest BCUT2D eigenvalue weighted by molar-refractivity contribution is 0.150. The Hall–Kier alpha value is -0.0300. The summed E-state index contributed by atoms with van der Waals surface area (Å²) in [5.41, 5.74) is 0.681. The summed E-state index contributed by atoms with van der Waals surface area (Å²) in [6.45, 7) is 0. The minimum Gasteiger partial charge on any atom is -0.249 e. The Balaban J connectivity index is 3.08. The lowest BCUT2D eigenvalue weighted by atomic mass is 10.2. The Kier molecular flexibility index (Phi) is 3.58. The van der Waals surface area contributed by atoms with Crippen LogP contribution in [0.4, 0.5) is 8.78 Å². The summed E-state index contributed by atoms with van der Waals surface area (Å²) in [4.78, 5) is 3.78. The van der Waals surface area contributed by atoms with Gasteiger partial charge in [-0.15, -0.1) is 0 Å². The predicted octanol–water partition coefficient (Wildman–Crippen LogP) is 3.68. The molecule has 0 amide bonds. The molecule has 1 nitrogen and oxygen atoms in total. The molecule has 0 fully saturated rings. The van der Waals surface area contributed by atoms with Gasteiger partial charge in [-0.2, -0.15) is 0 Å². The first-order chi connectivity index (χ1) is 5.65. The van der Waals surface area contributed by atoms with E-state index in [4.69, 9.17) is 0 Å². The molecule has 0 atom stereocenters. The summed E-state index contributed by atoms with van der Waals surface area (Å²) in [5.74, 6) is 0. The highest BCUT2D eigenvalue weighted by molar-refractivity contribution is 9.10. The third-order valence-corrected chi connectivity index (χ3v) is 2.62. The van der Waals surface area contributed by atoms with Gasteiger partial charge in [0, 0.05) is 11.5 Å². The van der Waals surface area contributed by atoms with Crippen molar-refractivity contribution < 1.29 is 8.78 Å². The third-order valence-electron chi connectivity index (χ3n) is 1.31. The first-order valence-corrected chi connectivity index (χ1v) is 5.05. The monoisotopic (exact) mass is 299 g/mol. The fraction of sp³-hybridized carbons (Fsp3) is 0.286. The maximum Gasteiger partial charge on any atom is 0.266 e. The van der Waals surface area contributed by atoms with E-state index in [1.165, 1.54) is 6.07 Å². The molecule has 0 saturated carbocycles. The second-order valence-corrected chi connectivity index (χ2v) is 3.47. The van der Waals surface area contributed by atoms with Crippen LogP contribution in [0.15, 0.2) is 16.9 Å². The molecular weight excluding hydrogens is 296 g/mol. The number of rotatable bonds is 2. The van der Waals surface area contributed by atoms with Gasteiger partial charge in [0.05, 0.1) is 5.56 Å². The van der Waals surface area contributed by atoms with Crippen molar-refractivity contribution in [2.24, 2.45) is 0 Å². The van der Waals surface area contributed by atoms with E-state index in [1.807, 2.05) is 0 Å². The van der Waals surface area contributed by atoms with Crippen LogP contribution < -0.4 is 0 Å². The summed E-state index contributed by atoms with van der Waals surface area (Å²) >= 11 is 6.12. The zero-order valence-electron chi connectivity index (χ0n) is 5.90. The molecule has 0 aromatic carbocycles. The topological polar surface area (TPSA) is 12.9 Å². The van der Waals surface area contributed by atoms with Crippen molar-refractivity contribution in [2.75, 3.05) is 0 Å². The average Bonchev–Trinajstić information content (AvgIpc) is 2.05. The van der Waals surface area contributed by atoms with Crippen LogP contribution in [0.3, 0.4) is 0 Å². The molecule has 0 spiro atoms. The van der Waals surface area contributed by atoms with Crippen molar-refractivity contribution in [3.05, 3.63) is 28.0 Å². The van der Waals surface area contributed by atoms with Crippen molar-refractivity contribution in [1.82, 2.24) is 4.98 Å². The van der Waals surface area contributed by atoms with Crippen LogP contribution in [0.1, 0.15) is 17.6 Å². The first-order valence-electron chi connectivity index (χ1n) is 3.13. The standard InChI is InChI=1S/C7H5Br2F2N/c8-2-4-1-5(7(10)11)6(9)12-3-4/h1,3,7H,2H2. The van der Waals surface area contributed by atoms with E-state index < -0.39 is 6.43 Å². The number of hydrogen-bond acceptors (Lipinski definition) is 1. The molecule has 0 aliphatic carbocycles. The second-order valence-electron chi connectivity index (χ2n) is 2.16. The highest BCUT2D eigenvalue weighted by Gasteiger charge is 2.12. The Morgan fingerprint density at radius 3 is 2.67 bits per heavy atom. The molecule has 66 valence electrons. The average molecular weight is 301 g/mol. The van der Waals surface area contributed by atoms with Crippen molar-refractivity contribution in [2.45, 2.75) is 11.8 Å². The van der Waals surface area contributed by atoms with Gasteiger partial charge in [0.1, 0.15) is 4.60 Å². The maximum atomic E-state index is 12.3. The van der Waals surface area contributed by atoms with E-state index in [1.54, 1.807) is 6.20 Å². The van der Waals surface area contributed by atoms with Crippen LogP contribution in [0.2, 0.25) is 0 Å². The molecule has 0 aliphatic rings. The molecule has 0 radical (unpaired) electrons. The summed E-state index contributed by atoms with van der Waals surface area (Å²) in [5, 5.41) is 0.535. The smallest absolute Gasteiger partial charge is 0.249 e. The first kappa shape index (κ1) is 10.1. The molecule has 5 heteroatoms. The molecule has 12 heavy (non-hydrogen) atoms. The van der Waals surface area contributed by atoms with Gasteiger partial charge in [-0.25, -0.2) is 13.8 Å². The Morgan fingerprint density at radius 2 is 2.17 bits per heavy atom. The van der Waals surface area contributed by atoms with Crippen LogP contribution in [0.25, 0.3) is 0 Å². The maximum absolute atomic E-state index is 12.3. The van der Waals surface area contributed by atoms with E-state index in [9.17, 15) is 8.78 Å². The minimum absolute atomic E-state index is 0.0630. The second kappa shape index (κ2) is 4.28. The van der Waals surface area contributed by atoms with E-state index in [0.29, 0.717) is 5.33 Å². The van der Waals surface area contributed by atoms with Gasteiger partial charge in [-0.1, -0.05) is 15.9 Å². The van der Waals surface area contributed by atoms with Gasteiger partial charge in [0.25, 0.3) is 6.43 Å². The van der Waals surface area contributed by atoms with Gasteiger partial charge in [0.15, 0.2) is 0 Å². The molecule has 1 aromatic rings. The highest BCUT2D eigenvalue weighted by Crippen LogP contribution is 2.26. The predicted molar refractivity (Wildman–Crippen MR) is 49.5 cm³/mol. The van der Waals surface area contributed by atoms with Crippen molar-refractivity contribution in [3.63, 3.8) is 0 Å². The van der Waals surface area contributed by atoms with Crippen LogP contribution >= 0.6 is 31.9 Å². The van der Waals surface area contributed by atoms with Crippen LogP contribution in [0.5, 0.6) is 0 Å². The summed E-state index contributed by atoms with van der Waals surface area (Å²) in [6.07, 6.45) is -0.934. The van der Waals surface area contributed by atoms with E-state index >= 15 is 0 Å². The van der Waals surface area contributed by atoms with Crippen LogP contribution in [0, 0.1) is 0 Å². The molecule has 1 rings (SSSR count). The zero-order chi connectivity index (χ0) is 9.14. The molecule has 0 saturated heterocycles. The molecule has 1 heterocycles. The minimum atomic E-state index is -2.48. The highest BCUT2D eigenvalue weighted by atomic mass is 79.9. The number of pyridine rings is 1. The SMILES string of the molecule is FC(F)c1cc(CBr)cnc1Br. The van der Waals surface area contributed by atoms with E-state index in [0.717, 1.165) is 5.56 Å². The largest absolute Gasteiger partial charge is 0.266 e. The number of alkyl halides is 3. The number of aromatic nitrogens is 1. The normalized spacial score (nSPS) is 10.8. The molecule has 0 aliphatic heterocycles. The lowest BCUT2D eigenvalue weighted by Crippen LogP contribution is -1.91. The number of halogens is 4. The van der Waals surface area contributed by atoms with Gasteiger partial charge >= 0.3 is 0 Å². The Labute approximate surface area is 85.4 Å². The quantitative estimate of drug-likeness (QED) is 0.600. The van der Waals surface area contributed by atoms with E-state index in [2.05, 4.69) is 36.8 Å². The summed E-state index contributed by atoms with van der Waals surface area (Å²) < 4.78 is 24.7. The molecule has 0 unspecified atom stereocenters. The van der Waals surface area contributed by atoms with Gasteiger partial charge in [-0.3, -0.25) is 0 Å². The summed E-state index contributed by atoms with van der Waals surface area (Å²) in [7, 11) is 0. The Bertz CT molecular complexity index is 278. The van der Waals surface area contributed by atoms with E-state index in [-0.39, 0.29) is 10.2 Å². The van der Waals surface area contributed by atoms with Gasteiger partial charge in [0.2, 0.25) is 0 Å². The zero-order valence-corrected chi connectivity index (χ0v) is 9.07. The Morgan fingerprint density at radius 1 is 1.50 bits per heavy atom. The van der Waals surface area contributed by atoms with Crippen molar-refractivity contribution >= 4 is 31.9 Å².